The fourth-order valence-corrected chi connectivity index (χ4v) is 6.06. The average Bonchev–Trinajstić information content (AvgIpc) is 3.60. The predicted octanol–water partition coefficient (Wildman–Crippen LogP) is 7.78. The summed E-state index contributed by atoms with van der Waals surface area (Å²) in [6.45, 7) is -0.935. The molecule has 0 radical (unpaired) electrons. The molecule has 8 nitrogen and oxygen atoms in total. The fourth-order valence-electron chi connectivity index (χ4n) is 6.06. The number of aromatic nitrogens is 2. The maximum absolute atomic E-state index is 12.6. The fraction of sp³-hybridized carbons (Fsp3) is 0.0526. The molecule has 220 valence electrons. The summed E-state index contributed by atoms with van der Waals surface area (Å²) in [5.74, 6) is 1.10. The number of nitrogens with zero attached hydrogens (tertiary/aromatic N) is 6. The standard InChI is InChI=1S/C38H19FN6O2/c1-46-27-8-2-21(3-9-27)23-6-12-29-31(14-23)33(25(16-40)17-41)37-35(29)44-38-34(26(18-42)19-43)32-15-24(7-13-30(32)36(38)45-37)22-4-10-28(11-5-22)47-20-39/h2-15H,20H2,1H3. The first kappa shape index (κ1) is 28.7. The van der Waals surface area contributed by atoms with Gasteiger partial charge in [0.05, 0.1) is 18.5 Å². The van der Waals surface area contributed by atoms with Crippen LogP contribution in [0.25, 0.3) is 55.9 Å². The maximum Gasteiger partial charge on any atom is 0.228 e. The van der Waals surface area contributed by atoms with Crippen LogP contribution in [0.2, 0.25) is 0 Å². The summed E-state index contributed by atoms with van der Waals surface area (Å²) in [5.41, 5.74) is 8.05. The molecule has 0 fully saturated rings. The Kier molecular flexibility index (Phi) is 6.99. The second-order valence-corrected chi connectivity index (χ2v) is 10.6. The first-order chi connectivity index (χ1) is 23.0. The van der Waals surface area contributed by atoms with Gasteiger partial charge >= 0.3 is 0 Å². The summed E-state index contributed by atoms with van der Waals surface area (Å²) < 4.78 is 22.8. The third kappa shape index (κ3) is 4.56. The van der Waals surface area contributed by atoms with Crippen molar-refractivity contribution >= 4 is 11.1 Å². The van der Waals surface area contributed by atoms with Crippen LogP contribution in [0.1, 0.15) is 22.5 Å². The van der Waals surface area contributed by atoms with E-state index in [1.165, 1.54) is 0 Å². The molecule has 47 heavy (non-hydrogen) atoms. The lowest BCUT2D eigenvalue weighted by molar-refractivity contribution is 0.192. The molecule has 0 atom stereocenters. The van der Waals surface area contributed by atoms with Gasteiger partial charge in [-0.25, -0.2) is 14.4 Å². The Bertz CT molecular complexity index is 2350. The van der Waals surface area contributed by atoms with Gasteiger partial charge in [-0.05, 0) is 69.8 Å². The van der Waals surface area contributed by atoms with E-state index in [1.807, 2.05) is 84.9 Å². The zero-order chi connectivity index (χ0) is 32.7. The summed E-state index contributed by atoms with van der Waals surface area (Å²) in [5, 5.41) is 40.0. The maximum atomic E-state index is 12.6. The molecule has 4 aromatic carbocycles. The van der Waals surface area contributed by atoms with Gasteiger partial charge in [0.25, 0.3) is 0 Å². The van der Waals surface area contributed by atoms with Crippen LogP contribution in [0.4, 0.5) is 4.39 Å². The highest BCUT2D eigenvalue weighted by atomic mass is 19.1. The highest BCUT2D eigenvalue weighted by molar-refractivity contribution is 6.07. The number of allylic oxidation sites excluding steroid dienone is 2. The molecule has 0 bridgehead atoms. The number of hydrogen-bond donors (Lipinski definition) is 0. The molecular formula is C38H19FN6O2. The Morgan fingerprint density at radius 1 is 0.553 bits per heavy atom. The van der Waals surface area contributed by atoms with Crippen molar-refractivity contribution in [3.63, 3.8) is 0 Å². The van der Waals surface area contributed by atoms with E-state index in [1.54, 1.807) is 31.4 Å². The van der Waals surface area contributed by atoms with Gasteiger partial charge in [0.1, 0.15) is 58.3 Å². The van der Waals surface area contributed by atoms with Crippen LogP contribution >= 0.6 is 0 Å². The van der Waals surface area contributed by atoms with Crippen LogP contribution in [0.3, 0.4) is 0 Å². The number of halogens is 1. The lowest BCUT2D eigenvalue weighted by Gasteiger charge is -2.08. The molecule has 2 aliphatic rings. The summed E-state index contributed by atoms with van der Waals surface area (Å²) in [4.78, 5) is 10.0. The molecule has 0 saturated heterocycles. The summed E-state index contributed by atoms with van der Waals surface area (Å²) in [7, 11) is 1.60. The van der Waals surface area contributed by atoms with E-state index in [2.05, 4.69) is 0 Å². The Hall–Kier alpha value is -7.07. The van der Waals surface area contributed by atoms with Crippen molar-refractivity contribution in [3.8, 4) is 80.5 Å². The number of ether oxygens (including phenoxy) is 2. The third-order valence-electron chi connectivity index (χ3n) is 8.24. The number of rotatable bonds is 5. The van der Waals surface area contributed by atoms with Gasteiger partial charge in [0, 0.05) is 22.3 Å². The zero-order valence-corrected chi connectivity index (χ0v) is 24.7. The van der Waals surface area contributed by atoms with Crippen molar-refractivity contribution in [1.29, 1.82) is 21.0 Å². The number of fused-ring (bicyclic) bond motifs is 6. The largest absolute Gasteiger partial charge is 0.497 e. The topological polar surface area (TPSA) is 139 Å². The van der Waals surface area contributed by atoms with Crippen LogP contribution in [-0.2, 0) is 0 Å². The zero-order valence-electron chi connectivity index (χ0n) is 24.7. The van der Waals surface area contributed by atoms with Crippen LogP contribution in [0, 0.1) is 45.3 Å². The summed E-state index contributed by atoms with van der Waals surface area (Å²) >= 11 is 0. The second-order valence-electron chi connectivity index (χ2n) is 10.6. The molecule has 1 heterocycles. The van der Waals surface area contributed by atoms with Crippen molar-refractivity contribution in [2.24, 2.45) is 0 Å². The van der Waals surface area contributed by atoms with E-state index in [0.717, 1.165) is 22.3 Å². The van der Waals surface area contributed by atoms with Gasteiger partial charge in [-0.2, -0.15) is 21.0 Å². The van der Waals surface area contributed by atoms with E-state index in [0.29, 0.717) is 67.7 Å². The normalized spacial score (nSPS) is 11.5. The summed E-state index contributed by atoms with van der Waals surface area (Å²) in [6, 6.07) is 33.8. The third-order valence-corrected chi connectivity index (χ3v) is 8.24. The smallest absolute Gasteiger partial charge is 0.228 e. The predicted molar refractivity (Wildman–Crippen MR) is 171 cm³/mol. The average molecular weight is 611 g/mol. The van der Waals surface area contributed by atoms with Crippen molar-refractivity contribution in [1.82, 2.24) is 9.97 Å². The number of hydrogen-bond acceptors (Lipinski definition) is 8. The molecule has 7 rings (SSSR count). The van der Waals surface area contributed by atoms with Gasteiger partial charge in [-0.1, -0.05) is 48.5 Å². The molecule has 0 spiro atoms. The minimum Gasteiger partial charge on any atom is -0.497 e. The molecule has 0 N–H and O–H groups in total. The van der Waals surface area contributed by atoms with Crippen LogP contribution in [0.5, 0.6) is 11.5 Å². The van der Waals surface area contributed by atoms with E-state index in [4.69, 9.17) is 19.4 Å². The van der Waals surface area contributed by atoms with Crippen molar-refractivity contribution in [3.05, 3.63) is 119 Å². The molecule has 9 heteroatoms. The highest BCUT2D eigenvalue weighted by Gasteiger charge is 2.36. The van der Waals surface area contributed by atoms with E-state index in [-0.39, 0.29) is 11.1 Å². The second kappa shape index (κ2) is 11.5. The van der Waals surface area contributed by atoms with Gasteiger partial charge in [-0.3, -0.25) is 0 Å². The first-order valence-corrected chi connectivity index (χ1v) is 14.3. The number of methoxy groups -OCH3 is 1. The lowest BCUT2D eigenvalue weighted by Crippen LogP contribution is -1.98. The molecule has 0 aliphatic heterocycles. The van der Waals surface area contributed by atoms with Gasteiger partial charge in [0.2, 0.25) is 6.86 Å². The van der Waals surface area contributed by atoms with Crippen molar-refractivity contribution in [2.75, 3.05) is 14.0 Å². The highest BCUT2D eigenvalue weighted by Crippen LogP contribution is 2.51. The molecule has 2 aliphatic carbocycles. The molecule has 1 aromatic heterocycles. The van der Waals surface area contributed by atoms with E-state index >= 15 is 0 Å². The van der Waals surface area contributed by atoms with E-state index < -0.39 is 6.86 Å². The lowest BCUT2D eigenvalue weighted by atomic mass is 9.96. The monoisotopic (exact) mass is 610 g/mol. The van der Waals surface area contributed by atoms with Crippen molar-refractivity contribution in [2.45, 2.75) is 0 Å². The quantitative estimate of drug-likeness (QED) is 0.180. The van der Waals surface area contributed by atoms with E-state index in [9.17, 15) is 25.4 Å². The SMILES string of the molecule is COc1ccc(-c2ccc3c(c2)C(=C(C#N)C#N)c2nc4c(nc2-3)C(=C(C#N)C#N)c2cc(-c3ccc(OCF)cc3)ccc2-4)cc1. The Balaban J connectivity index is 1.43. The Morgan fingerprint density at radius 3 is 1.34 bits per heavy atom. The summed E-state index contributed by atoms with van der Waals surface area (Å²) in [6.07, 6.45) is 0. The number of nitriles is 4. The minimum atomic E-state index is -0.935. The van der Waals surface area contributed by atoms with Gasteiger partial charge in [0.15, 0.2) is 0 Å². The molecular weight excluding hydrogens is 591 g/mol. The van der Waals surface area contributed by atoms with Gasteiger partial charge < -0.3 is 9.47 Å². The number of alkyl halides is 1. The molecule has 0 unspecified atom stereocenters. The van der Waals surface area contributed by atoms with Crippen molar-refractivity contribution < 1.29 is 13.9 Å². The molecule has 0 saturated carbocycles. The van der Waals surface area contributed by atoms with Crippen LogP contribution < -0.4 is 9.47 Å². The molecule has 0 amide bonds. The van der Waals surface area contributed by atoms with Crippen LogP contribution in [-0.4, -0.2) is 23.9 Å². The Labute approximate surface area is 268 Å². The number of benzene rings is 4. The molecule has 5 aromatic rings. The minimum absolute atomic E-state index is 0.106. The van der Waals surface area contributed by atoms with Gasteiger partial charge in [-0.15, -0.1) is 0 Å². The van der Waals surface area contributed by atoms with Crippen LogP contribution in [0.15, 0.2) is 96.1 Å². The Morgan fingerprint density at radius 2 is 0.957 bits per heavy atom. The first-order valence-electron chi connectivity index (χ1n) is 14.3.